The summed E-state index contributed by atoms with van der Waals surface area (Å²) in [5.41, 5.74) is -0.835. The molecule has 0 bridgehead atoms. The molecule has 0 aromatic carbocycles. The summed E-state index contributed by atoms with van der Waals surface area (Å²) < 4.78 is 0. The molecule has 0 heterocycles. The molecule has 1 atom stereocenters. The molecule has 0 aliphatic carbocycles. The van der Waals surface area contributed by atoms with Crippen molar-refractivity contribution < 1.29 is 24.6 Å². The van der Waals surface area contributed by atoms with E-state index in [-0.39, 0.29) is 0 Å². The number of carboxylic acid groups (broad SMARTS) is 2. The summed E-state index contributed by atoms with van der Waals surface area (Å²) in [7, 11) is 0. The van der Waals surface area contributed by atoms with Crippen molar-refractivity contribution in [1.29, 1.82) is 0 Å². The van der Waals surface area contributed by atoms with Crippen LogP contribution in [-0.2, 0) is 14.4 Å². The number of Topliss-reactive ketones (excluding diaryl/α,β-unsaturated/α-hetero) is 1. The summed E-state index contributed by atoms with van der Waals surface area (Å²) in [5.74, 6) is -4.68. The van der Waals surface area contributed by atoms with E-state index in [0.29, 0.717) is 0 Å². The summed E-state index contributed by atoms with van der Waals surface area (Å²) in [6, 6.07) is 0. The van der Waals surface area contributed by atoms with Gasteiger partial charge in [-0.2, -0.15) is 0 Å². The number of carbonyl (C=O) groups is 3. The first kappa shape index (κ1) is 12.6. The molecule has 1 unspecified atom stereocenters. The number of hydrogen-bond donors (Lipinski definition) is 2. The van der Waals surface area contributed by atoms with Crippen LogP contribution < -0.4 is 0 Å². The van der Waals surface area contributed by atoms with E-state index >= 15 is 0 Å². The summed E-state index contributed by atoms with van der Waals surface area (Å²) in [6.45, 7) is 4.69. The topological polar surface area (TPSA) is 91.7 Å². The first-order valence-corrected chi connectivity index (χ1v) is 4.15. The first-order chi connectivity index (χ1) is 6.16. The van der Waals surface area contributed by atoms with E-state index in [1.165, 1.54) is 0 Å². The van der Waals surface area contributed by atoms with Gasteiger partial charge >= 0.3 is 11.9 Å². The van der Waals surface area contributed by atoms with Crippen molar-refractivity contribution in [3.63, 3.8) is 0 Å². The van der Waals surface area contributed by atoms with Crippen LogP contribution in [-0.4, -0.2) is 27.9 Å². The minimum Gasteiger partial charge on any atom is -0.481 e. The van der Waals surface area contributed by atoms with Crippen molar-refractivity contribution in [3.05, 3.63) is 0 Å². The van der Waals surface area contributed by atoms with E-state index in [1.54, 1.807) is 20.8 Å². The summed E-state index contributed by atoms with van der Waals surface area (Å²) in [6.07, 6.45) is -0.661. The highest BCUT2D eigenvalue weighted by Gasteiger charge is 2.35. The van der Waals surface area contributed by atoms with Gasteiger partial charge in [0.25, 0.3) is 0 Å². The summed E-state index contributed by atoms with van der Waals surface area (Å²) in [5, 5.41) is 17.1. The van der Waals surface area contributed by atoms with Crippen LogP contribution in [0.25, 0.3) is 0 Å². The number of carboxylic acids is 2. The zero-order valence-electron chi connectivity index (χ0n) is 8.40. The number of hydrogen-bond acceptors (Lipinski definition) is 3. The van der Waals surface area contributed by atoms with Crippen LogP contribution in [0.1, 0.15) is 27.2 Å². The molecule has 0 amide bonds. The van der Waals surface area contributed by atoms with Crippen molar-refractivity contribution in [2.24, 2.45) is 11.3 Å². The van der Waals surface area contributed by atoms with Crippen molar-refractivity contribution >= 4 is 17.7 Å². The van der Waals surface area contributed by atoms with Crippen molar-refractivity contribution in [1.82, 2.24) is 0 Å². The summed E-state index contributed by atoms with van der Waals surface area (Å²) in [4.78, 5) is 32.5. The maximum atomic E-state index is 11.5. The number of carbonyl (C=O) groups excluding carboxylic acids is 1. The second kappa shape index (κ2) is 4.21. The lowest BCUT2D eigenvalue weighted by Gasteiger charge is -2.20. The normalized spacial score (nSPS) is 13.4. The third-order valence-corrected chi connectivity index (χ3v) is 1.73. The Balaban J connectivity index is 4.76. The molecule has 80 valence electrons. The highest BCUT2D eigenvalue weighted by Crippen LogP contribution is 2.22. The van der Waals surface area contributed by atoms with Gasteiger partial charge in [-0.05, 0) is 0 Å². The smallest absolute Gasteiger partial charge is 0.314 e. The largest absolute Gasteiger partial charge is 0.481 e. The number of aliphatic carboxylic acids is 2. The van der Waals surface area contributed by atoms with Crippen LogP contribution >= 0.6 is 0 Å². The molecule has 0 aliphatic heterocycles. The van der Waals surface area contributed by atoms with Gasteiger partial charge in [0.2, 0.25) is 0 Å². The molecular formula is C9H14O5. The van der Waals surface area contributed by atoms with Crippen molar-refractivity contribution in [2.75, 3.05) is 0 Å². The third kappa shape index (κ3) is 3.55. The molecule has 0 saturated carbocycles. The Morgan fingerprint density at radius 3 is 1.79 bits per heavy atom. The Bertz CT molecular complexity index is 261. The first-order valence-electron chi connectivity index (χ1n) is 4.15. The average molecular weight is 202 g/mol. The average Bonchev–Trinajstić information content (AvgIpc) is 1.96. The highest BCUT2D eigenvalue weighted by molar-refractivity contribution is 6.03. The highest BCUT2D eigenvalue weighted by atomic mass is 16.4. The van der Waals surface area contributed by atoms with Crippen LogP contribution in [0.15, 0.2) is 0 Å². The van der Waals surface area contributed by atoms with Crippen LogP contribution in [0.3, 0.4) is 0 Å². The molecule has 5 heteroatoms. The van der Waals surface area contributed by atoms with Gasteiger partial charge in [0.1, 0.15) is 5.92 Å². The zero-order valence-corrected chi connectivity index (χ0v) is 8.40. The van der Waals surface area contributed by atoms with Gasteiger partial charge in [-0.3, -0.25) is 14.4 Å². The minimum atomic E-state index is -1.45. The second-order valence-electron chi connectivity index (χ2n) is 4.10. The molecule has 0 radical (unpaired) electrons. The third-order valence-electron chi connectivity index (χ3n) is 1.73. The van der Waals surface area contributed by atoms with Gasteiger partial charge in [-0.25, -0.2) is 0 Å². The minimum absolute atomic E-state index is 0.563. The molecule has 0 aliphatic rings. The Labute approximate surface area is 81.7 Å². The SMILES string of the molecule is CC(C)(C)C(=O)C(CC(=O)O)C(=O)O. The van der Waals surface area contributed by atoms with E-state index in [4.69, 9.17) is 10.2 Å². The van der Waals surface area contributed by atoms with Crippen LogP contribution in [0, 0.1) is 11.3 Å². The molecule has 0 aromatic rings. The fraction of sp³-hybridized carbons (Fsp3) is 0.667. The van der Waals surface area contributed by atoms with Crippen molar-refractivity contribution in [3.8, 4) is 0 Å². The second-order valence-corrected chi connectivity index (χ2v) is 4.10. The molecule has 0 spiro atoms. The predicted octanol–water partition coefficient (Wildman–Crippen LogP) is 0.777. The molecule has 0 rings (SSSR count). The van der Waals surface area contributed by atoms with Gasteiger partial charge in [0.05, 0.1) is 6.42 Å². The van der Waals surface area contributed by atoms with Crippen LogP contribution in [0.2, 0.25) is 0 Å². The maximum Gasteiger partial charge on any atom is 0.314 e. The molecule has 5 nitrogen and oxygen atoms in total. The zero-order chi connectivity index (χ0) is 11.5. The quantitative estimate of drug-likeness (QED) is 0.657. The van der Waals surface area contributed by atoms with Crippen LogP contribution in [0.4, 0.5) is 0 Å². The van der Waals surface area contributed by atoms with Gasteiger partial charge in [0, 0.05) is 5.41 Å². The Morgan fingerprint density at radius 2 is 1.57 bits per heavy atom. The van der Waals surface area contributed by atoms with E-state index in [2.05, 4.69) is 0 Å². The monoisotopic (exact) mass is 202 g/mol. The molecule has 0 saturated heterocycles. The van der Waals surface area contributed by atoms with E-state index < -0.39 is 35.5 Å². The Hall–Kier alpha value is -1.39. The molecule has 0 fully saturated rings. The molecule has 14 heavy (non-hydrogen) atoms. The van der Waals surface area contributed by atoms with Gasteiger partial charge < -0.3 is 10.2 Å². The fourth-order valence-corrected chi connectivity index (χ4v) is 0.989. The molecular weight excluding hydrogens is 188 g/mol. The summed E-state index contributed by atoms with van der Waals surface area (Å²) >= 11 is 0. The Morgan fingerprint density at radius 1 is 1.14 bits per heavy atom. The number of rotatable bonds is 4. The van der Waals surface area contributed by atoms with Crippen LogP contribution in [0.5, 0.6) is 0 Å². The molecule has 2 N–H and O–H groups in total. The fourth-order valence-electron chi connectivity index (χ4n) is 0.989. The van der Waals surface area contributed by atoms with E-state index in [0.717, 1.165) is 0 Å². The predicted molar refractivity (Wildman–Crippen MR) is 47.8 cm³/mol. The van der Waals surface area contributed by atoms with Gasteiger partial charge in [-0.1, -0.05) is 20.8 Å². The maximum absolute atomic E-state index is 11.5. The lowest BCUT2D eigenvalue weighted by molar-refractivity contribution is -0.154. The standard InChI is InChI=1S/C9H14O5/c1-9(2,3)7(12)5(8(13)14)4-6(10)11/h5H,4H2,1-3H3,(H,10,11)(H,13,14). The molecule has 0 aromatic heterocycles. The van der Waals surface area contributed by atoms with Crippen molar-refractivity contribution in [2.45, 2.75) is 27.2 Å². The van der Waals surface area contributed by atoms with E-state index in [9.17, 15) is 14.4 Å². The Kier molecular flexibility index (Phi) is 3.80. The van der Waals surface area contributed by atoms with E-state index in [1.807, 2.05) is 0 Å². The number of ketones is 1. The lowest BCUT2D eigenvalue weighted by Crippen LogP contribution is -2.34. The lowest BCUT2D eigenvalue weighted by atomic mass is 9.82. The van der Waals surface area contributed by atoms with Gasteiger partial charge in [-0.15, -0.1) is 0 Å². The van der Waals surface area contributed by atoms with Gasteiger partial charge in [0.15, 0.2) is 5.78 Å².